The Morgan fingerprint density at radius 2 is 1.93 bits per heavy atom. The number of rotatable bonds is 7. The van der Waals surface area contributed by atoms with Gasteiger partial charge in [-0.15, -0.1) is 0 Å². The number of esters is 1. The predicted molar refractivity (Wildman–Crippen MR) is 112 cm³/mol. The molecule has 6 nitrogen and oxygen atoms in total. The first-order valence-corrected chi connectivity index (χ1v) is 9.46. The topological polar surface area (TPSA) is 73.6 Å². The van der Waals surface area contributed by atoms with E-state index in [1.807, 2.05) is 69.3 Å². The van der Waals surface area contributed by atoms with Crippen molar-refractivity contribution in [2.24, 2.45) is 0 Å². The van der Waals surface area contributed by atoms with Gasteiger partial charge in [0.05, 0.1) is 25.8 Å². The van der Waals surface area contributed by atoms with Crippen molar-refractivity contribution in [3.05, 3.63) is 66.1 Å². The van der Waals surface area contributed by atoms with Gasteiger partial charge in [0.1, 0.15) is 17.6 Å². The Hall–Kier alpha value is -3.28. The van der Waals surface area contributed by atoms with Gasteiger partial charge in [0.2, 0.25) is 5.89 Å². The van der Waals surface area contributed by atoms with Crippen LogP contribution in [0.3, 0.4) is 0 Å². The smallest absolute Gasteiger partial charge is 0.310 e. The number of methoxy groups -OCH3 is 1. The Morgan fingerprint density at radius 3 is 2.69 bits per heavy atom. The van der Waals surface area contributed by atoms with Gasteiger partial charge in [-0.3, -0.25) is 4.79 Å². The van der Waals surface area contributed by atoms with Crippen LogP contribution in [0.4, 0.5) is 5.69 Å². The van der Waals surface area contributed by atoms with Gasteiger partial charge in [-0.25, -0.2) is 4.98 Å². The second-order valence-corrected chi connectivity index (χ2v) is 7.69. The zero-order valence-corrected chi connectivity index (χ0v) is 17.2. The fourth-order valence-electron chi connectivity index (χ4n) is 2.80. The van der Waals surface area contributed by atoms with Gasteiger partial charge in [-0.1, -0.05) is 18.2 Å². The summed E-state index contributed by atoms with van der Waals surface area (Å²) in [6.07, 6.45) is 1.86. The summed E-state index contributed by atoms with van der Waals surface area (Å²) >= 11 is 0. The molecule has 0 unspecified atom stereocenters. The number of hydrogen-bond donors (Lipinski definition) is 1. The fraction of sp³-hybridized carbons (Fsp3) is 0.304. The molecule has 0 amide bonds. The lowest BCUT2D eigenvalue weighted by Gasteiger charge is -2.19. The second kappa shape index (κ2) is 8.82. The van der Waals surface area contributed by atoms with Crippen LogP contribution >= 0.6 is 0 Å². The van der Waals surface area contributed by atoms with Crippen LogP contribution in [0, 0.1) is 0 Å². The zero-order chi connectivity index (χ0) is 20.9. The number of carbonyl (C=O) groups excluding carboxylic acids is 1. The van der Waals surface area contributed by atoms with Crippen LogP contribution in [0.1, 0.15) is 32.0 Å². The van der Waals surface area contributed by atoms with E-state index in [1.54, 1.807) is 13.4 Å². The average Bonchev–Trinajstić information content (AvgIpc) is 3.14. The van der Waals surface area contributed by atoms with E-state index in [0.717, 1.165) is 28.3 Å². The predicted octanol–water partition coefficient (Wildman–Crippen LogP) is 4.85. The number of carbonyl (C=O) groups is 1. The highest BCUT2D eigenvalue weighted by molar-refractivity contribution is 5.73. The van der Waals surface area contributed by atoms with Crippen LogP contribution in [-0.4, -0.2) is 23.7 Å². The van der Waals surface area contributed by atoms with E-state index in [2.05, 4.69) is 10.3 Å². The molecule has 29 heavy (non-hydrogen) atoms. The lowest BCUT2D eigenvalue weighted by atomic mass is 10.1. The Morgan fingerprint density at radius 1 is 1.14 bits per heavy atom. The summed E-state index contributed by atoms with van der Waals surface area (Å²) < 4.78 is 16.2. The lowest BCUT2D eigenvalue weighted by Crippen LogP contribution is -2.24. The number of oxazole rings is 1. The first-order valence-electron chi connectivity index (χ1n) is 9.46. The Labute approximate surface area is 170 Å². The fourth-order valence-corrected chi connectivity index (χ4v) is 2.80. The maximum Gasteiger partial charge on any atom is 0.310 e. The SMILES string of the molecule is COc1cccc(-c2nc(CNc3cccc(CC(=O)OC(C)(C)C)c3)co2)c1. The minimum atomic E-state index is -0.486. The average molecular weight is 394 g/mol. The second-order valence-electron chi connectivity index (χ2n) is 7.69. The molecule has 3 rings (SSSR count). The van der Waals surface area contributed by atoms with Crippen LogP contribution in [-0.2, 0) is 22.5 Å². The molecule has 1 N–H and O–H groups in total. The maximum absolute atomic E-state index is 12.0. The standard InChI is InChI=1S/C23H26N2O4/c1-23(2,3)29-21(26)12-16-7-5-9-18(11-16)24-14-19-15-28-22(25-19)17-8-6-10-20(13-17)27-4/h5-11,13,15,24H,12,14H2,1-4H3. The van der Waals surface area contributed by atoms with E-state index in [0.29, 0.717) is 12.4 Å². The highest BCUT2D eigenvalue weighted by Crippen LogP contribution is 2.23. The molecular formula is C23H26N2O4. The monoisotopic (exact) mass is 394 g/mol. The largest absolute Gasteiger partial charge is 0.497 e. The number of aromatic nitrogens is 1. The van der Waals surface area contributed by atoms with Crippen molar-refractivity contribution in [2.45, 2.75) is 39.3 Å². The number of nitrogens with zero attached hydrogens (tertiary/aromatic N) is 1. The molecule has 0 spiro atoms. The number of ether oxygens (including phenoxy) is 2. The minimum absolute atomic E-state index is 0.233. The van der Waals surface area contributed by atoms with E-state index in [1.165, 1.54) is 0 Å². The molecule has 1 aromatic heterocycles. The van der Waals surface area contributed by atoms with Crippen LogP contribution in [0.2, 0.25) is 0 Å². The third-order valence-corrected chi connectivity index (χ3v) is 4.04. The molecule has 0 aliphatic rings. The van der Waals surface area contributed by atoms with Gasteiger partial charge in [0.15, 0.2) is 0 Å². The van der Waals surface area contributed by atoms with Gasteiger partial charge < -0.3 is 19.2 Å². The van der Waals surface area contributed by atoms with E-state index in [-0.39, 0.29) is 12.4 Å². The lowest BCUT2D eigenvalue weighted by molar-refractivity contribution is -0.153. The normalized spacial score (nSPS) is 11.2. The molecule has 0 aliphatic carbocycles. The summed E-state index contributed by atoms with van der Waals surface area (Å²) in [6, 6.07) is 15.3. The van der Waals surface area contributed by atoms with Gasteiger partial charge in [0.25, 0.3) is 0 Å². The minimum Gasteiger partial charge on any atom is -0.497 e. The molecule has 152 valence electrons. The van der Waals surface area contributed by atoms with Crippen LogP contribution < -0.4 is 10.1 Å². The first kappa shape index (κ1) is 20.5. The quantitative estimate of drug-likeness (QED) is 0.578. The molecular weight excluding hydrogens is 368 g/mol. The molecule has 2 aromatic carbocycles. The van der Waals surface area contributed by atoms with Gasteiger partial charge >= 0.3 is 5.97 Å². The van der Waals surface area contributed by atoms with Gasteiger partial charge in [-0.05, 0) is 56.7 Å². The van der Waals surface area contributed by atoms with Crippen molar-refractivity contribution >= 4 is 11.7 Å². The van der Waals surface area contributed by atoms with Gasteiger partial charge in [-0.2, -0.15) is 0 Å². The maximum atomic E-state index is 12.0. The molecule has 1 heterocycles. The van der Waals surface area contributed by atoms with Crippen LogP contribution in [0.5, 0.6) is 5.75 Å². The molecule has 3 aromatic rings. The number of anilines is 1. The van der Waals surface area contributed by atoms with Crippen molar-refractivity contribution in [2.75, 3.05) is 12.4 Å². The molecule has 0 atom stereocenters. The van der Waals surface area contributed by atoms with Crippen molar-refractivity contribution in [1.82, 2.24) is 4.98 Å². The van der Waals surface area contributed by atoms with E-state index < -0.39 is 5.60 Å². The number of nitrogens with one attached hydrogen (secondary N) is 1. The number of benzene rings is 2. The molecule has 0 saturated heterocycles. The summed E-state index contributed by atoms with van der Waals surface area (Å²) in [5.74, 6) is 1.05. The molecule has 6 heteroatoms. The number of hydrogen-bond acceptors (Lipinski definition) is 6. The summed E-state index contributed by atoms with van der Waals surface area (Å²) in [4.78, 5) is 16.6. The molecule has 0 bridgehead atoms. The van der Waals surface area contributed by atoms with E-state index in [4.69, 9.17) is 13.9 Å². The summed E-state index contributed by atoms with van der Waals surface area (Å²) in [5.41, 5.74) is 2.94. The van der Waals surface area contributed by atoms with Gasteiger partial charge in [0, 0.05) is 11.3 Å². The van der Waals surface area contributed by atoms with Crippen LogP contribution in [0.25, 0.3) is 11.5 Å². The van der Waals surface area contributed by atoms with Crippen molar-refractivity contribution in [3.63, 3.8) is 0 Å². The zero-order valence-electron chi connectivity index (χ0n) is 17.2. The van der Waals surface area contributed by atoms with Crippen LogP contribution in [0.15, 0.2) is 59.2 Å². The molecule has 0 aliphatic heterocycles. The Kier molecular flexibility index (Phi) is 6.22. The third kappa shape index (κ3) is 6.10. The molecule has 0 saturated carbocycles. The van der Waals surface area contributed by atoms with Crippen molar-refractivity contribution < 1.29 is 18.7 Å². The highest BCUT2D eigenvalue weighted by atomic mass is 16.6. The first-order chi connectivity index (χ1) is 13.8. The molecule has 0 radical (unpaired) electrons. The van der Waals surface area contributed by atoms with Crippen molar-refractivity contribution in [3.8, 4) is 17.2 Å². The Bertz CT molecular complexity index is 973. The van der Waals surface area contributed by atoms with E-state index >= 15 is 0 Å². The van der Waals surface area contributed by atoms with Crippen molar-refractivity contribution in [1.29, 1.82) is 0 Å². The summed E-state index contributed by atoms with van der Waals surface area (Å²) in [5, 5.41) is 3.31. The third-order valence-electron chi connectivity index (χ3n) is 4.04. The van der Waals surface area contributed by atoms with E-state index in [9.17, 15) is 4.79 Å². The highest BCUT2D eigenvalue weighted by Gasteiger charge is 2.16. The summed E-state index contributed by atoms with van der Waals surface area (Å²) in [6.45, 7) is 6.09. The summed E-state index contributed by atoms with van der Waals surface area (Å²) in [7, 11) is 1.63. The Balaban J connectivity index is 1.60. The molecule has 0 fully saturated rings.